The summed E-state index contributed by atoms with van der Waals surface area (Å²) in [7, 11) is 1.72. The Morgan fingerprint density at radius 2 is 2.21 bits per heavy atom. The second-order valence-corrected chi connectivity index (χ2v) is 5.44. The second kappa shape index (κ2) is 5.09. The predicted octanol–water partition coefficient (Wildman–Crippen LogP) is 2.74. The van der Waals surface area contributed by atoms with Crippen LogP contribution >= 0.6 is 0 Å². The number of benzene rings is 1. The molecule has 0 saturated heterocycles. The Balaban J connectivity index is 2.10. The van der Waals surface area contributed by atoms with Crippen molar-refractivity contribution in [2.75, 3.05) is 12.4 Å². The highest BCUT2D eigenvalue weighted by molar-refractivity contribution is 5.76. The molecule has 0 aliphatic rings. The van der Waals surface area contributed by atoms with Crippen LogP contribution in [-0.4, -0.2) is 23.7 Å². The lowest BCUT2D eigenvalue weighted by molar-refractivity contribution is 0.0128. The highest BCUT2D eigenvalue weighted by atomic mass is 16.5. The topological polar surface area (TPSA) is 67.3 Å². The second-order valence-electron chi connectivity index (χ2n) is 5.44. The summed E-state index contributed by atoms with van der Waals surface area (Å²) in [5.41, 5.74) is 2.05. The molecule has 0 saturated carbocycles. The molecule has 2 rings (SSSR count). The van der Waals surface area contributed by atoms with Crippen molar-refractivity contribution in [3.63, 3.8) is 0 Å². The number of oxazole rings is 1. The standard InChI is InChI=1S/C14H20N2O3/c1-9(8-14(2,3)18-4)15-10-5-6-12-11(7-10)16-13(17)19-12/h5-7,9,15H,8H2,1-4H3,(H,16,17). The highest BCUT2D eigenvalue weighted by Gasteiger charge is 2.20. The van der Waals surface area contributed by atoms with Crippen molar-refractivity contribution < 1.29 is 9.15 Å². The molecule has 19 heavy (non-hydrogen) atoms. The van der Waals surface area contributed by atoms with Crippen LogP contribution in [0.5, 0.6) is 0 Å². The minimum Gasteiger partial charge on any atom is -0.408 e. The normalized spacial score (nSPS) is 13.7. The van der Waals surface area contributed by atoms with Gasteiger partial charge in [-0.05, 0) is 45.4 Å². The molecule has 0 amide bonds. The Kier molecular flexibility index (Phi) is 3.66. The Morgan fingerprint density at radius 1 is 1.47 bits per heavy atom. The molecule has 0 spiro atoms. The molecule has 0 aliphatic heterocycles. The van der Waals surface area contributed by atoms with Crippen LogP contribution in [0.25, 0.3) is 11.1 Å². The van der Waals surface area contributed by atoms with E-state index in [1.165, 1.54) is 0 Å². The molecule has 104 valence electrons. The lowest BCUT2D eigenvalue weighted by atomic mass is 9.99. The van der Waals surface area contributed by atoms with Crippen molar-refractivity contribution in [1.29, 1.82) is 0 Å². The van der Waals surface area contributed by atoms with Gasteiger partial charge in [0.1, 0.15) is 0 Å². The van der Waals surface area contributed by atoms with Crippen LogP contribution in [0, 0.1) is 0 Å². The molecule has 5 nitrogen and oxygen atoms in total. The van der Waals surface area contributed by atoms with Crippen molar-refractivity contribution in [2.24, 2.45) is 0 Å². The summed E-state index contributed by atoms with van der Waals surface area (Å²) >= 11 is 0. The quantitative estimate of drug-likeness (QED) is 0.871. The maximum atomic E-state index is 11.1. The van der Waals surface area contributed by atoms with Gasteiger partial charge in [-0.3, -0.25) is 4.98 Å². The fourth-order valence-electron chi connectivity index (χ4n) is 2.20. The summed E-state index contributed by atoms with van der Waals surface area (Å²) in [5.74, 6) is -0.430. The maximum Gasteiger partial charge on any atom is 0.417 e. The van der Waals surface area contributed by atoms with Crippen LogP contribution in [0.3, 0.4) is 0 Å². The first-order valence-electron chi connectivity index (χ1n) is 6.34. The summed E-state index contributed by atoms with van der Waals surface area (Å²) in [5, 5.41) is 3.39. The summed E-state index contributed by atoms with van der Waals surface area (Å²) in [6, 6.07) is 5.81. The minimum atomic E-state index is -0.430. The predicted molar refractivity (Wildman–Crippen MR) is 75.6 cm³/mol. The Bertz CT molecular complexity index is 612. The van der Waals surface area contributed by atoms with Crippen molar-refractivity contribution in [3.8, 4) is 0 Å². The number of aromatic amines is 1. The number of rotatable bonds is 5. The van der Waals surface area contributed by atoms with Gasteiger partial charge in [-0.15, -0.1) is 0 Å². The van der Waals surface area contributed by atoms with E-state index in [1.54, 1.807) is 13.2 Å². The minimum absolute atomic E-state index is 0.166. The third-order valence-corrected chi connectivity index (χ3v) is 3.18. The van der Waals surface area contributed by atoms with E-state index in [0.717, 1.165) is 12.1 Å². The Morgan fingerprint density at radius 3 is 2.89 bits per heavy atom. The summed E-state index contributed by atoms with van der Waals surface area (Å²) in [4.78, 5) is 13.7. The lowest BCUT2D eigenvalue weighted by Gasteiger charge is -2.27. The number of hydrogen-bond donors (Lipinski definition) is 2. The number of fused-ring (bicyclic) bond motifs is 1. The largest absolute Gasteiger partial charge is 0.417 e. The van der Waals surface area contributed by atoms with E-state index in [4.69, 9.17) is 9.15 Å². The number of aromatic nitrogens is 1. The monoisotopic (exact) mass is 264 g/mol. The molecule has 1 aromatic heterocycles. The van der Waals surface area contributed by atoms with E-state index in [0.29, 0.717) is 11.1 Å². The molecule has 1 heterocycles. The molecule has 0 bridgehead atoms. The van der Waals surface area contributed by atoms with Crippen LogP contribution < -0.4 is 11.1 Å². The van der Waals surface area contributed by atoms with Gasteiger partial charge in [-0.1, -0.05) is 0 Å². The van der Waals surface area contributed by atoms with E-state index in [-0.39, 0.29) is 11.6 Å². The molecule has 5 heteroatoms. The molecule has 1 unspecified atom stereocenters. The van der Waals surface area contributed by atoms with Gasteiger partial charge < -0.3 is 14.5 Å². The molecule has 2 aromatic rings. The van der Waals surface area contributed by atoms with Crippen molar-refractivity contribution in [1.82, 2.24) is 4.98 Å². The SMILES string of the molecule is COC(C)(C)CC(C)Nc1ccc2oc(=O)[nH]c2c1. The maximum absolute atomic E-state index is 11.1. The van der Waals surface area contributed by atoms with Gasteiger partial charge in [-0.25, -0.2) is 4.79 Å². The van der Waals surface area contributed by atoms with Crippen LogP contribution in [0.1, 0.15) is 27.2 Å². The summed E-state index contributed by atoms with van der Waals surface area (Å²) in [6.07, 6.45) is 0.878. The van der Waals surface area contributed by atoms with E-state index in [1.807, 2.05) is 12.1 Å². The number of anilines is 1. The van der Waals surface area contributed by atoms with Gasteiger partial charge in [0.05, 0.1) is 11.1 Å². The number of methoxy groups -OCH3 is 1. The fraction of sp³-hybridized carbons (Fsp3) is 0.500. The average Bonchev–Trinajstić information content (AvgIpc) is 2.67. The van der Waals surface area contributed by atoms with Gasteiger partial charge >= 0.3 is 5.76 Å². The van der Waals surface area contributed by atoms with E-state index in [9.17, 15) is 4.79 Å². The first kappa shape index (κ1) is 13.7. The third-order valence-electron chi connectivity index (χ3n) is 3.18. The molecule has 1 aromatic carbocycles. The molecular weight excluding hydrogens is 244 g/mol. The Hall–Kier alpha value is -1.75. The smallest absolute Gasteiger partial charge is 0.408 e. The zero-order chi connectivity index (χ0) is 14.0. The molecule has 0 radical (unpaired) electrons. The summed E-state index contributed by atoms with van der Waals surface area (Å²) < 4.78 is 10.4. The Labute approximate surface area is 112 Å². The van der Waals surface area contributed by atoms with Gasteiger partial charge in [0.15, 0.2) is 5.58 Å². The zero-order valence-electron chi connectivity index (χ0n) is 11.7. The first-order chi connectivity index (χ1) is 8.89. The number of H-pyrrole nitrogens is 1. The van der Waals surface area contributed by atoms with E-state index >= 15 is 0 Å². The number of ether oxygens (including phenoxy) is 1. The van der Waals surface area contributed by atoms with Crippen LogP contribution in [-0.2, 0) is 4.74 Å². The van der Waals surface area contributed by atoms with Gasteiger partial charge in [0, 0.05) is 18.8 Å². The number of hydrogen-bond acceptors (Lipinski definition) is 4. The van der Waals surface area contributed by atoms with Gasteiger partial charge in [-0.2, -0.15) is 0 Å². The van der Waals surface area contributed by atoms with E-state index < -0.39 is 5.76 Å². The molecule has 2 N–H and O–H groups in total. The summed E-state index contributed by atoms with van der Waals surface area (Å²) in [6.45, 7) is 6.22. The van der Waals surface area contributed by atoms with Gasteiger partial charge in [0.2, 0.25) is 0 Å². The van der Waals surface area contributed by atoms with E-state index in [2.05, 4.69) is 31.1 Å². The molecule has 0 fully saturated rings. The van der Waals surface area contributed by atoms with Gasteiger partial charge in [0.25, 0.3) is 0 Å². The first-order valence-corrected chi connectivity index (χ1v) is 6.34. The molecular formula is C14H20N2O3. The van der Waals surface area contributed by atoms with Crippen LogP contribution in [0.15, 0.2) is 27.4 Å². The average molecular weight is 264 g/mol. The highest BCUT2D eigenvalue weighted by Crippen LogP contribution is 2.21. The van der Waals surface area contributed by atoms with Crippen LogP contribution in [0.2, 0.25) is 0 Å². The zero-order valence-corrected chi connectivity index (χ0v) is 11.7. The third kappa shape index (κ3) is 3.38. The van der Waals surface area contributed by atoms with Crippen molar-refractivity contribution >= 4 is 16.8 Å². The molecule has 1 atom stereocenters. The fourth-order valence-corrected chi connectivity index (χ4v) is 2.20. The van der Waals surface area contributed by atoms with Crippen LogP contribution in [0.4, 0.5) is 5.69 Å². The molecule has 0 aliphatic carbocycles. The van der Waals surface area contributed by atoms with Crippen molar-refractivity contribution in [3.05, 3.63) is 28.7 Å². The number of nitrogens with one attached hydrogen (secondary N) is 2. The van der Waals surface area contributed by atoms with Crippen molar-refractivity contribution in [2.45, 2.75) is 38.8 Å². The lowest BCUT2D eigenvalue weighted by Crippen LogP contribution is -2.31.